The highest BCUT2D eigenvalue weighted by Crippen LogP contribution is 2.28. The van der Waals surface area contributed by atoms with Gasteiger partial charge in [0.1, 0.15) is 12.4 Å². The van der Waals surface area contributed by atoms with Crippen molar-refractivity contribution in [1.29, 1.82) is 5.26 Å². The largest absolute Gasteiger partial charge is 0.299 e. The van der Waals surface area contributed by atoms with E-state index in [1.165, 1.54) is 23.7 Å². The summed E-state index contributed by atoms with van der Waals surface area (Å²) < 4.78 is 3.33. The van der Waals surface area contributed by atoms with Crippen LogP contribution in [-0.2, 0) is 19.4 Å². The van der Waals surface area contributed by atoms with Gasteiger partial charge in [-0.25, -0.2) is 4.98 Å². The number of hydrogen-bond donors (Lipinski definition) is 0. The zero-order valence-electron chi connectivity index (χ0n) is 11.7. The van der Waals surface area contributed by atoms with E-state index in [-0.39, 0.29) is 11.4 Å². The number of nitriles is 1. The van der Waals surface area contributed by atoms with Gasteiger partial charge in [-0.05, 0) is 25.7 Å². The predicted molar refractivity (Wildman–Crippen MR) is 79.8 cm³/mol. The lowest BCUT2D eigenvalue weighted by Gasteiger charge is -2.10. The number of thiazole rings is 1. The topological polar surface area (TPSA) is 88.9 Å². The lowest BCUT2D eigenvalue weighted by atomic mass is 10.0. The van der Waals surface area contributed by atoms with Crippen LogP contribution >= 0.6 is 11.3 Å². The van der Waals surface area contributed by atoms with E-state index >= 15 is 0 Å². The van der Waals surface area contributed by atoms with Crippen molar-refractivity contribution in [3.8, 4) is 6.07 Å². The van der Waals surface area contributed by atoms with E-state index < -0.39 is 0 Å². The molecule has 0 atom stereocenters. The Morgan fingerprint density at radius 1 is 1.36 bits per heavy atom. The molecule has 4 rings (SSSR count). The fourth-order valence-corrected chi connectivity index (χ4v) is 4.09. The quantitative estimate of drug-likeness (QED) is 0.708. The zero-order valence-corrected chi connectivity index (χ0v) is 12.5. The van der Waals surface area contributed by atoms with Gasteiger partial charge >= 0.3 is 0 Å². The van der Waals surface area contributed by atoms with E-state index in [4.69, 9.17) is 5.26 Å². The van der Waals surface area contributed by atoms with Gasteiger partial charge in [0.25, 0.3) is 5.56 Å². The molecule has 0 spiro atoms. The summed E-state index contributed by atoms with van der Waals surface area (Å²) in [6.45, 7) is 0.324. The van der Waals surface area contributed by atoms with Crippen LogP contribution in [0, 0.1) is 11.3 Å². The molecule has 0 N–H and O–H groups in total. The van der Waals surface area contributed by atoms with Gasteiger partial charge in [-0.3, -0.25) is 13.8 Å². The molecule has 0 aromatic carbocycles. The zero-order chi connectivity index (χ0) is 15.1. The molecule has 0 aliphatic heterocycles. The predicted octanol–water partition coefficient (Wildman–Crippen LogP) is 1.15. The lowest BCUT2D eigenvalue weighted by molar-refractivity contribution is 0.668. The van der Waals surface area contributed by atoms with E-state index in [2.05, 4.69) is 15.2 Å². The molecule has 0 unspecified atom stereocenters. The molecule has 0 saturated heterocycles. The van der Waals surface area contributed by atoms with Gasteiger partial charge in [0.05, 0.1) is 12.2 Å². The van der Waals surface area contributed by atoms with Crippen molar-refractivity contribution in [1.82, 2.24) is 24.1 Å². The van der Waals surface area contributed by atoms with E-state index in [9.17, 15) is 4.79 Å². The first-order valence-electron chi connectivity index (χ1n) is 7.07. The molecule has 1 aliphatic rings. The number of hydrogen-bond acceptors (Lipinski definition) is 6. The van der Waals surface area contributed by atoms with E-state index in [1.807, 2.05) is 6.07 Å². The third-order valence-electron chi connectivity index (χ3n) is 3.86. The lowest BCUT2D eigenvalue weighted by Crippen LogP contribution is -2.19. The molecule has 0 fully saturated rings. The molecule has 1 aliphatic carbocycles. The maximum Gasteiger partial charge on any atom is 0.259 e. The van der Waals surface area contributed by atoms with Crippen LogP contribution in [0.4, 0.5) is 0 Å². The second kappa shape index (κ2) is 5.03. The number of aryl methyl sites for hydroxylation is 2. The molecule has 22 heavy (non-hydrogen) atoms. The number of fused-ring (bicyclic) bond motifs is 3. The number of rotatable bonds is 2. The smallest absolute Gasteiger partial charge is 0.259 e. The van der Waals surface area contributed by atoms with Crippen LogP contribution in [-0.4, -0.2) is 24.1 Å². The highest BCUT2D eigenvalue weighted by Gasteiger charge is 2.18. The number of nitrogens with zero attached hydrogens (tertiary/aromatic N) is 6. The van der Waals surface area contributed by atoms with Crippen molar-refractivity contribution in [2.75, 3.05) is 0 Å². The SMILES string of the molecule is N#Cc1nncn1Cc1cc(=O)n2c3c(sc2n1)CCCC3. The third kappa shape index (κ3) is 2.02. The Bertz CT molecular complexity index is 960. The molecular formula is C14H12N6OS. The van der Waals surface area contributed by atoms with Crippen LogP contribution in [0.2, 0.25) is 0 Å². The Hall–Kier alpha value is -2.53. The Labute approximate surface area is 129 Å². The average Bonchev–Trinajstić information content (AvgIpc) is 3.10. The van der Waals surface area contributed by atoms with Crippen molar-refractivity contribution >= 4 is 16.3 Å². The minimum absolute atomic E-state index is 0.0500. The van der Waals surface area contributed by atoms with Crippen LogP contribution < -0.4 is 5.56 Å². The molecule has 3 aromatic heterocycles. The van der Waals surface area contributed by atoms with Gasteiger partial charge in [-0.2, -0.15) is 5.26 Å². The van der Waals surface area contributed by atoms with Gasteiger partial charge in [0.2, 0.25) is 5.82 Å². The van der Waals surface area contributed by atoms with Gasteiger partial charge in [-0.15, -0.1) is 21.5 Å². The highest BCUT2D eigenvalue weighted by molar-refractivity contribution is 7.17. The Balaban J connectivity index is 1.81. The molecule has 0 bridgehead atoms. The minimum atomic E-state index is -0.0500. The summed E-state index contributed by atoms with van der Waals surface area (Å²) >= 11 is 1.60. The summed E-state index contributed by atoms with van der Waals surface area (Å²) in [6, 6.07) is 3.51. The molecule has 8 heteroatoms. The standard InChI is InChI=1S/C14H12N6OS/c15-6-12-18-16-8-19(12)7-9-5-13(21)20-10-3-1-2-4-11(10)22-14(20)17-9/h5,8H,1-4,7H2. The van der Waals surface area contributed by atoms with Gasteiger partial charge in [0, 0.05) is 16.6 Å². The minimum Gasteiger partial charge on any atom is -0.299 e. The summed E-state index contributed by atoms with van der Waals surface area (Å²) in [6.07, 6.45) is 5.75. The first-order valence-corrected chi connectivity index (χ1v) is 7.89. The number of aromatic nitrogens is 5. The van der Waals surface area contributed by atoms with Crippen molar-refractivity contribution in [2.24, 2.45) is 0 Å². The van der Waals surface area contributed by atoms with Gasteiger partial charge in [-0.1, -0.05) is 0 Å². The Kier molecular flexibility index (Phi) is 3.01. The molecule has 0 saturated carbocycles. The van der Waals surface area contributed by atoms with Crippen molar-refractivity contribution in [2.45, 2.75) is 32.2 Å². The van der Waals surface area contributed by atoms with E-state index in [1.54, 1.807) is 20.3 Å². The maximum atomic E-state index is 12.4. The van der Waals surface area contributed by atoms with Crippen molar-refractivity contribution in [3.05, 3.63) is 44.8 Å². The summed E-state index contributed by atoms with van der Waals surface area (Å²) in [5, 5.41) is 16.4. The summed E-state index contributed by atoms with van der Waals surface area (Å²) in [5.41, 5.74) is 1.70. The summed E-state index contributed by atoms with van der Waals surface area (Å²) in [4.78, 5) is 19.0. The van der Waals surface area contributed by atoms with Crippen LogP contribution in [0.5, 0.6) is 0 Å². The van der Waals surface area contributed by atoms with Gasteiger partial charge < -0.3 is 0 Å². The molecule has 3 heterocycles. The van der Waals surface area contributed by atoms with Crippen LogP contribution in [0.25, 0.3) is 4.96 Å². The van der Waals surface area contributed by atoms with Crippen LogP contribution in [0.15, 0.2) is 17.2 Å². The first kappa shape index (κ1) is 13.2. The third-order valence-corrected chi connectivity index (χ3v) is 5.01. The second-order valence-electron chi connectivity index (χ2n) is 5.28. The maximum absolute atomic E-state index is 12.4. The van der Waals surface area contributed by atoms with Gasteiger partial charge in [0.15, 0.2) is 4.96 Å². The molecule has 110 valence electrons. The highest BCUT2D eigenvalue weighted by atomic mass is 32.1. The molecule has 0 amide bonds. The first-order chi connectivity index (χ1) is 10.8. The fourth-order valence-electron chi connectivity index (χ4n) is 2.85. The molecule has 0 radical (unpaired) electrons. The molecule has 3 aromatic rings. The van der Waals surface area contributed by atoms with E-state index in [0.717, 1.165) is 29.9 Å². The monoisotopic (exact) mass is 312 g/mol. The Morgan fingerprint density at radius 2 is 2.23 bits per heavy atom. The van der Waals surface area contributed by atoms with Crippen LogP contribution in [0.1, 0.15) is 34.9 Å². The second-order valence-corrected chi connectivity index (χ2v) is 6.34. The Morgan fingerprint density at radius 3 is 3.09 bits per heavy atom. The normalized spacial score (nSPS) is 14.0. The average molecular weight is 312 g/mol. The summed E-state index contributed by atoms with van der Waals surface area (Å²) in [5.74, 6) is 0.215. The molecule has 7 nitrogen and oxygen atoms in total. The van der Waals surface area contributed by atoms with Crippen molar-refractivity contribution in [3.63, 3.8) is 0 Å². The van der Waals surface area contributed by atoms with Crippen LogP contribution in [0.3, 0.4) is 0 Å². The van der Waals surface area contributed by atoms with E-state index in [0.29, 0.717) is 12.2 Å². The summed E-state index contributed by atoms with van der Waals surface area (Å²) in [7, 11) is 0. The van der Waals surface area contributed by atoms with Crippen molar-refractivity contribution < 1.29 is 0 Å². The molecular weight excluding hydrogens is 300 g/mol. The fraction of sp³-hybridized carbons (Fsp3) is 0.357.